The summed E-state index contributed by atoms with van der Waals surface area (Å²) in [5, 5.41) is 0.491. The summed E-state index contributed by atoms with van der Waals surface area (Å²) in [5.74, 6) is 0.645. The Hall–Kier alpha value is -0.420. The number of hydrogen-bond acceptors (Lipinski definition) is 5. The number of carbonyl (C=O) groups is 2. The quantitative estimate of drug-likeness (QED) is 0.403. The van der Waals surface area contributed by atoms with Crippen molar-refractivity contribution in [2.24, 2.45) is 0 Å². The Kier molecular flexibility index (Phi) is 6.73. The van der Waals surface area contributed by atoms with Gasteiger partial charge in [-0.2, -0.15) is 0 Å². The molecule has 0 saturated carbocycles. The summed E-state index contributed by atoms with van der Waals surface area (Å²) in [4.78, 5) is 22.0. The Bertz CT molecular complexity index is 302. The zero-order valence-electron chi connectivity index (χ0n) is 10.1. The minimum atomic E-state index is -0.307. The first-order valence-corrected chi connectivity index (χ1v) is 7.62. The molecule has 1 aliphatic heterocycles. The van der Waals surface area contributed by atoms with E-state index in [9.17, 15) is 9.59 Å². The van der Waals surface area contributed by atoms with Crippen LogP contribution in [0.2, 0.25) is 0 Å². The van der Waals surface area contributed by atoms with Crippen molar-refractivity contribution in [2.75, 3.05) is 12.4 Å². The fourth-order valence-electron chi connectivity index (χ4n) is 1.45. The topological polar surface area (TPSA) is 43.4 Å². The van der Waals surface area contributed by atoms with Crippen LogP contribution in [0.4, 0.5) is 4.79 Å². The van der Waals surface area contributed by atoms with Crippen molar-refractivity contribution in [1.82, 2.24) is 0 Å². The highest BCUT2D eigenvalue weighted by molar-refractivity contribution is 8.41. The monoisotopic (exact) mass is 274 g/mol. The molecule has 1 rings (SSSR count). The second-order valence-electron chi connectivity index (χ2n) is 4.07. The molecule has 1 saturated heterocycles. The van der Waals surface area contributed by atoms with Crippen molar-refractivity contribution >= 4 is 33.9 Å². The summed E-state index contributed by atoms with van der Waals surface area (Å²) in [6, 6.07) is 0. The van der Waals surface area contributed by atoms with Crippen LogP contribution < -0.4 is 0 Å². The van der Waals surface area contributed by atoms with Crippen LogP contribution >= 0.6 is 23.5 Å². The predicted octanol–water partition coefficient (Wildman–Crippen LogP) is 3.63. The van der Waals surface area contributed by atoms with Gasteiger partial charge in [0.2, 0.25) is 4.45 Å². The van der Waals surface area contributed by atoms with Gasteiger partial charge in [-0.25, -0.2) is 4.79 Å². The van der Waals surface area contributed by atoms with Crippen molar-refractivity contribution in [3.8, 4) is 0 Å². The standard InChI is InChI=1S/C12H18O3S2/c1-9(2)11(13)15-7-5-3-4-6-10-8-16-12(14)17-10/h10H,1,3-8H2,2H3. The van der Waals surface area contributed by atoms with E-state index >= 15 is 0 Å². The number of ether oxygens (including phenoxy) is 1. The Morgan fingerprint density at radius 2 is 2.24 bits per heavy atom. The molecule has 0 aromatic rings. The van der Waals surface area contributed by atoms with Crippen molar-refractivity contribution in [3.63, 3.8) is 0 Å². The van der Waals surface area contributed by atoms with Crippen LogP contribution in [0.15, 0.2) is 12.2 Å². The maximum atomic E-state index is 11.1. The summed E-state index contributed by atoms with van der Waals surface area (Å²) in [6.07, 6.45) is 4.10. The van der Waals surface area contributed by atoms with Gasteiger partial charge < -0.3 is 4.74 Å². The van der Waals surface area contributed by atoms with Gasteiger partial charge in [0, 0.05) is 16.6 Å². The van der Waals surface area contributed by atoms with Gasteiger partial charge in [-0.15, -0.1) is 0 Å². The summed E-state index contributed by atoms with van der Waals surface area (Å²) in [6.45, 7) is 5.63. The Morgan fingerprint density at radius 1 is 1.47 bits per heavy atom. The maximum absolute atomic E-state index is 11.1. The van der Waals surface area contributed by atoms with Gasteiger partial charge in [0.1, 0.15) is 0 Å². The molecule has 1 fully saturated rings. The van der Waals surface area contributed by atoms with Crippen LogP contribution in [-0.4, -0.2) is 28.0 Å². The summed E-state index contributed by atoms with van der Waals surface area (Å²) in [5.41, 5.74) is 0.447. The number of hydrogen-bond donors (Lipinski definition) is 0. The molecule has 1 aliphatic rings. The number of esters is 1. The maximum Gasteiger partial charge on any atom is 0.333 e. The van der Waals surface area contributed by atoms with Gasteiger partial charge in [-0.1, -0.05) is 42.9 Å². The molecule has 0 N–H and O–H groups in total. The lowest BCUT2D eigenvalue weighted by Crippen LogP contribution is -2.06. The SMILES string of the molecule is C=C(C)C(=O)OCCCCCC1CSC(=O)S1. The molecule has 0 aromatic heterocycles. The van der Waals surface area contributed by atoms with E-state index < -0.39 is 0 Å². The van der Waals surface area contributed by atoms with E-state index in [0.717, 1.165) is 31.4 Å². The largest absolute Gasteiger partial charge is 0.462 e. The fourth-order valence-corrected chi connectivity index (χ4v) is 3.85. The average molecular weight is 274 g/mol. The Balaban J connectivity index is 1.93. The van der Waals surface area contributed by atoms with E-state index in [2.05, 4.69) is 6.58 Å². The third-order valence-electron chi connectivity index (χ3n) is 2.40. The van der Waals surface area contributed by atoms with Crippen molar-refractivity contribution < 1.29 is 14.3 Å². The summed E-state index contributed by atoms with van der Waals surface area (Å²) < 4.78 is 5.25. The van der Waals surface area contributed by atoms with Crippen LogP contribution in [0.1, 0.15) is 32.6 Å². The van der Waals surface area contributed by atoms with Crippen LogP contribution in [-0.2, 0) is 9.53 Å². The van der Waals surface area contributed by atoms with Crippen LogP contribution in [0.25, 0.3) is 0 Å². The molecular formula is C12H18O3S2. The molecule has 3 nitrogen and oxygen atoms in total. The van der Waals surface area contributed by atoms with E-state index in [1.807, 2.05) is 0 Å². The molecule has 0 amide bonds. The highest BCUT2D eigenvalue weighted by Crippen LogP contribution is 2.35. The summed E-state index contributed by atoms with van der Waals surface area (Å²) >= 11 is 2.89. The lowest BCUT2D eigenvalue weighted by atomic mass is 10.1. The van der Waals surface area contributed by atoms with Gasteiger partial charge in [0.05, 0.1) is 6.61 Å². The average Bonchev–Trinajstić information content (AvgIpc) is 2.68. The van der Waals surface area contributed by atoms with Crippen molar-refractivity contribution in [3.05, 3.63) is 12.2 Å². The number of rotatable bonds is 7. The van der Waals surface area contributed by atoms with Crippen molar-refractivity contribution in [1.29, 1.82) is 0 Å². The van der Waals surface area contributed by atoms with Gasteiger partial charge >= 0.3 is 5.97 Å². The van der Waals surface area contributed by atoms with E-state index in [4.69, 9.17) is 4.74 Å². The molecular weight excluding hydrogens is 256 g/mol. The third kappa shape index (κ3) is 6.17. The minimum Gasteiger partial charge on any atom is -0.462 e. The first kappa shape index (κ1) is 14.6. The van der Waals surface area contributed by atoms with Crippen LogP contribution in [0.3, 0.4) is 0 Å². The molecule has 0 bridgehead atoms. The summed E-state index contributed by atoms with van der Waals surface area (Å²) in [7, 11) is 0. The van der Waals surface area contributed by atoms with Gasteiger partial charge in [-0.3, -0.25) is 4.79 Å². The second kappa shape index (κ2) is 7.82. The van der Waals surface area contributed by atoms with Gasteiger partial charge in [-0.05, 0) is 19.8 Å². The van der Waals surface area contributed by atoms with Gasteiger partial charge in [0.25, 0.3) is 0 Å². The normalized spacial score (nSPS) is 19.4. The third-order valence-corrected chi connectivity index (χ3v) is 4.99. The number of unbranched alkanes of at least 4 members (excludes halogenated alkanes) is 2. The van der Waals surface area contributed by atoms with Crippen molar-refractivity contribution in [2.45, 2.75) is 37.9 Å². The molecule has 1 unspecified atom stereocenters. The predicted molar refractivity (Wildman–Crippen MR) is 73.5 cm³/mol. The molecule has 0 aromatic carbocycles. The minimum absolute atomic E-state index is 0.255. The molecule has 0 aliphatic carbocycles. The molecule has 17 heavy (non-hydrogen) atoms. The lowest BCUT2D eigenvalue weighted by Gasteiger charge is -2.06. The molecule has 96 valence electrons. The van der Waals surface area contributed by atoms with E-state index in [1.165, 1.54) is 23.5 Å². The molecule has 0 radical (unpaired) electrons. The Morgan fingerprint density at radius 3 is 2.82 bits per heavy atom. The first-order valence-electron chi connectivity index (χ1n) is 5.75. The molecule has 1 atom stereocenters. The molecule has 5 heteroatoms. The van der Waals surface area contributed by atoms with Crippen LogP contribution in [0.5, 0.6) is 0 Å². The van der Waals surface area contributed by atoms with E-state index in [0.29, 0.717) is 17.4 Å². The zero-order chi connectivity index (χ0) is 12.7. The molecule has 1 heterocycles. The van der Waals surface area contributed by atoms with Crippen LogP contribution in [0, 0.1) is 0 Å². The fraction of sp³-hybridized carbons (Fsp3) is 0.667. The van der Waals surface area contributed by atoms with E-state index in [1.54, 1.807) is 6.92 Å². The number of thioether (sulfide) groups is 2. The molecule has 0 spiro atoms. The highest BCUT2D eigenvalue weighted by Gasteiger charge is 2.22. The number of carbonyl (C=O) groups excluding carboxylic acids is 2. The van der Waals surface area contributed by atoms with E-state index in [-0.39, 0.29) is 10.4 Å². The first-order chi connectivity index (χ1) is 8.09. The highest BCUT2D eigenvalue weighted by atomic mass is 32.2. The second-order valence-corrected chi connectivity index (χ2v) is 6.59. The Labute approximate surface area is 111 Å². The zero-order valence-corrected chi connectivity index (χ0v) is 11.7. The lowest BCUT2D eigenvalue weighted by molar-refractivity contribution is -0.139. The smallest absolute Gasteiger partial charge is 0.333 e. The van der Waals surface area contributed by atoms with Gasteiger partial charge in [0.15, 0.2) is 0 Å².